The van der Waals surface area contributed by atoms with Crippen LogP contribution in [0.5, 0.6) is 0 Å². The number of rotatable bonds is 11. The lowest BCUT2D eigenvalue weighted by molar-refractivity contribution is 0.288. The summed E-state index contributed by atoms with van der Waals surface area (Å²) >= 11 is 0. The molecule has 3 aliphatic carbocycles. The summed E-state index contributed by atoms with van der Waals surface area (Å²) < 4.78 is 0. The van der Waals surface area contributed by atoms with Crippen molar-refractivity contribution in [2.45, 2.75) is 104 Å². The third-order valence-corrected chi connectivity index (χ3v) is 11.5. The first-order valence-electron chi connectivity index (χ1n) is 19.5. The van der Waals surface area contributed by atoms with Gasteiger partial charge in [0.15, 0.2) is 0 Å². The number of hydrogen-bond acceptors (Lipinski definition) is 4. The first kappa shape index (κ1) is 34.0. The molecule has 0 spiro atoms. The largest absolute Gasteiger partial charge is 0.357 e. The maximum Gasteiger partial charge on any atom is 0.135 e. The monoisotopic (exact) mass is 664 g/mol. The first-order chi connectivity index (χ1) is 24.6. The molecular weight excluding hydrogens is 609 g/mol. The zero-order valence-electron chi connectivity index (χ0n) is 30.7. The van der Waals surface area contributed by atoms with Gasteiger partial charge in [0, 0.05) is 28.5 Å². The molecule has 1 aliphatic heterocycles. The van der Waals surface area contributed by atoms with Crippen LogP contribution in [0.25, 0.3) is 0 Å². The van der Waals surface area contributed by atoms with Crippen molar-refractivity contribution in [3.8, 4) is 0 Å². The number of aryl methyl sites for hydroxylation is 2. The molecule has 3 aromatic carbocycles. The molecule has 0 aromatic heterocycles. The van der Waals surface area contributed by atoms with E-state index in [1.54, 1.807) is 0 Å². The smallest absolute Gasteiger partial charge is 0.135 e. The van der Waals surface area contributed by atoms with Crippen LogP contribution in [-0.4, -0.2) is 6.04 Å². The molecule has 0 bridgehead atoms. The fraction of sp³-hybridized carbons (Fsp3) is 0.391. The highest BCUT2D eigenvalue weighted by Crippen LogP contribution is 2.50. The summed E-state index contributed by atoms with van der Waals surface area (Å²) in [7, 11) is 0. The van der Waals surface area contributed by atoms with Crippen LogP contribution >= 0.6 is 0 Å². The topological polar surface area (TPSA) is 21.8 Å². The van der Waals surface area contributed by atoms with E-state index < -0.39 is 0 Å². The molecule has 4 heteroatoms. The van der Waals surface area contributed by atoms with Gasteiger partial charge < -0.3 is 15.1 Å². The summed E-state index contributed by atoms with van der Waals surface area (Å²) in [5, 5.41) is 3.96. The van der Waals surface area contributed by atoms with Crippen LogP contribution in [0.15, 0.2) is 132 Å². The molecule has 260 valence electrons. The highest BCUT2D eigenvalue weighted by molar-refractivity contribution is 5.88. The van der Waals surface area contributed by atoms with Crippen LogP contribution in [0.3, 0.4) is 0 Å². The quantitative estimate of drug-likeness (QED) is 0.206. The zero-order chi connectivity index (χ0) is 34.5. The van der Waals surface area contributed by atoms with Crippen LogP contribution in [0.1, 0.15) is 96.6 Å². The average molecular weight is 665 g/mol. The van der Waals surface area contributed by atoms with E-state index in [1.807, 2.05) is 0 Å². The molecule has 3 atom stereocenters. The SMILES string of the molecule is CCc1cc2c(cc1CC)N(C1C=CCCC1)/C(=C/N(C1=C(Nc3ccccc3)C[C@@H](CC)[C@@H](CC)C1)c1ccccc1)N2C1=CCCC=C1. The lowest BCUT2D eigenvalue weighted by Gasteiger charge is -2.40. The molecule has 0 saturated heterocycles. The van der Waals surface area contributed by atoms with Gasteiger partial charge in [0.2, 0.25) is 0 Å². The Balaban J connectivity index is 1.48. The van der Waals surface area contributed by atoms with Crippen molar-refractivity contribution >= 4 is 22.7 Å². The fourth-order valence-corrected chi connectivity index (χ4v) is 8.68. The van der Waals surface area contributed by atoms with Crippen LogP contribution in [0.2, 0.25) is 0 Å². The Hall–Kier alpha value is -4.44. The molecule has 0 radical (unpaired) electrons. The molecule has 4 aliphatic rings. The van der Waals surface area contributed by atoms with Gasteiger partial charge >= 0.3 is 0 Å². The van der Waals surface area contributed by atoms with E-state index in [9.17, 15) is 0 Å². The summed E-state index contributed by atoms with van der Waals surface area (Å²) in [4.78, 5) is 7.83. The number of para-hydroxylation sites is 2. The van der Waals surface area contributed by atoms with Crippen molar-refractivity contribution in [1.29, 1.82) is 0 Å². The van der Waals surface area contributed by atoms with E-state index >= 15 is 0 Å². The Morgan fingerprint density at radius 2 is 1.48 bits per heavy atom. The minimum Gasteiger partial charge on any atom is -0.357 e. The summed E-state index contributed by atoms with van der Waals surface area (Å²) in [5.74, 6) is 2.54. The van der Waals surface area contributed by atoms with Gasteiger partial charge in [-0.25, -0.2) is 0 Å². The summed E-state index contributed by atoms with van der Waals surface area (Å²) in [6.45, 7) is 9.37. The van der Waals surface area contributed by atoms with E-state index in [0.717, 1.165) is 57.1 Å². The molecule has 0 amide bonds. The fourth-order valence-electron chi connectivity index (χ4n) is 8.68. The molecule has 3 aromatic rings. The van der Waals surface area contributed by atoms with Gasteiger partial charge in [0.1, 0.15) is 5.82 Å². The van der Waals surface area contributed by atoms with E-state index in [0.29, 0.717) is 17.9 Å². The van der Waals surface area contributed by atoms with Crippen molar-refractivity contribution in [2.75, 3.05) is 20.0 Å². The molecule has 7 rings (SSSR count). The number of fused-ring (bicyclic) bond motifs is 1. The number of nitrogens with one attached hydrogen (secondary N) is 1. The highest BCUT2D eigenvalue weighted by atomic mass is 15.4. The van der Waals surface area contributed by atoms with Gasteiger partial charge in [-0.2, -0.15) is 0 Å². The Bertz CT molecular complexity index is 1780. The minimum absolute atomic E-state index is 0.303. The molecule has 0 fully saturated rings. The number of benzene rings is 3. The highest BCUT2D eigenvalue weighted by Gasteiger charge is 2.39. The maximum absolute atomic E-state index is 3.96. The first-order valence-corrected chi connectivity index (χ1v) is 19.5. The molecule has 1 N–H and O–H groups in total. The zero-order valence-corrected chi connectivity index (χ0v) is 30.7. The standard InChI is InChI=1S/C46H56N4/c1-5-34-29-42(47-38-21-13-9-14-22-38)43(30-35(34)6-2)48(39-23-15-10-16-24-39)33-46-49(40-25-17-11-18-26-40)44-31-36(7-3)37(8-4)32-45(44)50(46)41-27-19-12-20-28-41/h9-10,13-17,19,21-27,31-35,41,47H,5-8,11-12,18,20,28-30H2,1-4H3/b46-33+/t34-,35+,41?/m1/s1. The van der Waals surface area contributed by atoms with Crippen molar-refractivity contribution in [2.24, 2.45) is 11.8 Å². The molecule has 1 heterocycles. The third-order valence-electron chi connectivity index (χ3n) is 11.5. The van der Waals surface area contributed by atoms with Crippen molar-refractivity contribution in [1.82, 2.24) is 0 Å². The molecule has 50 heavy (non-hydrogen) atoms. The molecule has 1 unspecified atom stereocenters. The van der Waals surface area contributed by atoms with Crippen LogP contribution in [-0.2, 0) is 12.8 Å². The van der Waals surface area contributed by atoms with Crippen molar-refractivity contribution in [3.05, 3.63) is 143 Å². The van der Waals surface area contributed by atoms with Gasteiger partial charge in [-0.15, -0.1) is 0 Å². The lowest BCUT2D eigenvalue weighted by atomic mass is 9.76. The van der Waals surface area contributed by atoms with Gasteiger partial charge in [0.05, 0.1) is 23.6 Å². The summed E-state index contributed by atoms with van der Waals surface area (Å²) in [6.07, 6.45) is 26.8. The molecule has 4 nitrogen and oxygen atoms in total. The number of anilines is 4. The molecule has 0 saturated carbocycles. The second-order valence-electron chi connectivity index (χ2n) is 14.4. The van der Waals surface area contributed by atoms with E-state index in [2.05, 4.69) is 157 Å². The van der Waals surface area contributed by atoms with Gasteiger partial charge in [-0.1, -0.05) is 101 Å². The minimum atomic E-state index is 0.303. The Kier molecular flexibility index (Phi) is 10.6. The Labute approximate surface area is 301 Å². The summed E-state index contributed by atoms with van der Waals surface area (Å²) in [6, 6.07) is 27.2. The average Bonchev–Trinajstić information content (AvgIpc) is 3.50. The van der Waals surface area contributed by atoms with Gasteiger partial charge in [0.25, 0.3) is 0 Å². The number of hydrogen-bond donors (Lipinski definition) is 1. The predicted molar refractivity (Wildman–Crippen MR) is 214 cm³/mol. The van der Waals surface area contributed by atoms with E-state index in [-0.39, 0.29) is 0 Å². The van der Waals surface area contributed by atoms with E-state index in [1.165, 1.54) is 70.4 Å². The van der Waals surface area contributed by atoms with Crippen LogP contribution in [0.4, 0.5) is 22.7 Å². The Morgan fingerprint density at radius 1 is 0.780 bits per heavy atom. The van der Waals surface area contributed by atoms with Crippen molar-refractivity contribution in [3.63, 3.8) is 0 Å². The maximum atomic E-state index is 3.96. The number of nitrogens with zero attached hydrogens (tertiary/aromatic N) is 3. The van der Waals surface area contributed by atoms with Crippen molar-refractivity contribution < 1.29 is 0 Å². The second kappa shape index (κ2) is 15.6. The second-order valence-corrected chi connectivity index (χ2v) is 14.4. The normalized spacial score (nSPS) is 22.6. The molecular formula is C46H56N4. The van der Waals surface area contributed by atoms with Crippen LogP contribution in [0, 0.1) is 11.8 Å². The number of allylic oxidation sites excluding steroid dienone is 6. The Morgan fingerprint density at radius 3 is 2.12 bits per heavy atom. The lowest BCUT2D eigenvalue weighted by Crippen LogP contribution is -2.38. The predicted octanol–water partition coefficient (Wildman–Crippen LogP) is 12.3. The summed E-state index contributed by atoms with van der Waals surface area (Å²) in [5.41, 5.74) is 11.9. The van der Waals surface area contributed by atoms with Crippen LogP contribution < -0.4 is 20.0 Å². The van der Waals surface area contributed by atoms with E-state index in [4.69, 9.17) is 0 Å². The third kappa shape index (κ3) is 6.82. The van der Waals surface area contributed by atoms with Gasteiger partial charge in [-0.3, -0.25) is 4.90 Å². The van der Waals surface area contributed by atoms with Gasteiger partial charge in [-0.05, 0) is 123 Å².